The van der Waals surface area contributed by atoms with Crippen LogP contribution in [0.5, 0.6) is 0 Å². The van der Waals surface area contributed by atoms with Crippen LogP contribution < -0.4 is 4.90 Å². The highest BCUT2D eigenvalue weighted by Crippen LogP contribution is 2.23. The van der Waals surface area contributed by atoms with E-state index in [-0.39, 0.29) is 23.9 Å². The molecule has 0 atom stereocenters. The molecule has 4 rings (SSSR count). The number of carbonyl (C=O) groups excluding carboxylic acids is 2. The Bertz CT molecular complexity index is 1740. The van der Waals surface area contributed by atoms with Gasteiger partial charge in [-0.05, 0) is 77.4 Å². The molecular formula is C33H38N6O6S. The van der Waals surface area contributed by atoms with Crippen LogP contribution in [0.3, 0.4) is 0 Å². The van der Waals surface area contributed by atoms with Gasteiger partial charge in [-0.25, -0.2) is 33.1 Å². The Morgan fingerprint density at radius 3 is 2.00 bits per heavy atom. The number of carbonyl (C=O) groups is 2. The fourth-order valence-electron chi connectivity index (χ4n) is 4.21. The predicted molar refractivity (Wildman–Crippen MR) is 172 cm³/mol. The molecule has 0 spiro atoms. The van der Waals surface area contributed by atoms with E-state index in [1.165, 1.54) is 16.6 Å². The van der Waals surface area contributed by atoms with Gasteiger partial charge in [-0.2, -0.15) is 4.31 Å². The quantitative estimate of drug-likeness (QED) is 0.205. The van der Waals surface area contributed by atoms with Crippen molar-refractivity contribution in [2.45, 2.75) is 70.9 Å². The van der Waals surface area contributed by atoms with Gasteiger partial charge in [0.1, 0.15) is 23.6 Å². The Balaban J connectivity index is 1.67. The van der Waals surface area contributed by atoms with Gasteiger partial charge in [-0.15, -0.1) is 0 Å². The number of amides is 1. The summed E-state index contributed by atoms with van der Waals surface area (Å²) in [4.78, 5) is 44.3. The fraction of sp³-hybridized carbons (Fsp3) is 0.333. The van der Waals surface area contributed by atoms with Crippen molar-refractivity contribution >= 4 is 27.9 Å². The number of anilines is 1. The fourth-order valence-corrected chi connectivity index (χ4v) is 5.54. The maximum Gasteiger partial charge on any atom is 0.416 e. The largest absolute Gasteiger partial charge is 0.459 e. The minimum atomic E-state index is -4.09. The third-order valence-electron chi connectivity index (χ3n) is 6.11. The van der Waals surface area contributed by atoms with Crippen molar-refractivity contribution in [3.63, 3.8) is 0 Å². The standard InChI is InChI=1S/C33H38N6O6S/c1-32(2,3)44-29(40)23-39(31(41)45-33(4,5)6)27-12-9-11-26(37-27)22-38(46(42,43)28-13-7-8-18-34-28)21-24-14-16-25(17-15-24)30-35-19-10-20-36-30/h7-20H,21-23H2,1-6H3. The molecule has 4 aromatic rings. The Hall–Kier alpha value is -4.75. The van der Waals surface area contributed by atoms with E-state index >= 15 is 0 Å². The summed E-state index contributed by atoms with van der Waals surface area (Å²) in [5, 5.41) is -0.124. The van der Waals surface area contributed by atoms with Crippen molar-refractivity contribution in [3.05, 3.63) is 96.6 Å². The first-order valence-electron chi connectivity index (χ1n) is 14.6. The van der Waals surface area contributed by atoms with Crippen molar-refractivity contribution in [2.24, 2.45) is 0 Å². The van der Waals surface area contributed by atoms with Crippen LogP contribution in [-0.2, 0) is 37.4 Å². The smallest absolute Gasteiger partial charge is 0.416 e. The molecule has 0 saturated carbocycles. The van der Waals surface area contributed by atoms with Gasteiger partial charge in [0.25, 0.3) is 10.0 Å². The number of benzene rings is 1. The lowest BCUT2D eigenvalue weighted by Gasteiger charge is -2.28. The van der Waals surface area contributed by atoms with Gasteiger partial charge in [0.05, 0.1) is 12.2 Å². The molecule has 46 heavy (non-hydrogen) atoms. The molecule has 13 heteroatoms. The highest BCUT2D eigenvalue weighted by atomic mass is 32.2. The van der Waals surface area contributed by atoms with Crippen molar-refractivity contribution < 1.29 is 27.5 Å². The Morgan fingerprint density at radius 2 is 1.39 bits per heavy atom. The summed E-state index contributed by atoms with van der Waals surface area (Å²) in [5.41, 5.74) is 0.180. The summed E-state index contributed by atoms with van der Waals surface area (Å²) < 4.78 is 40.0. The number of sulfonamides is 1. The molecule has 0 radical (unpaired) electrons. The maximum atomic E-state index is 13.9. The maximum absolute atomic E-state index is 13.9. The van der Waals surface area contributed by atoms with Crippen molar-refractivity contribution in [1.29, 1.82) is 0 Å². The third-order valence-corrected chi connectivity index (χ3v) is 7.81. The van der Waals surface area contributed by atoms with E-state index in [2.05, 4.69) is 19.9 Å². The molecule has 0 aliphatic carbocycles. The first-order valence-corrected chi connectivity index (χ1v) is 16.0. The van der Waals surface area contributed by atoms with Crippen LogP contribution in [0.4, 0.5) is 10.6 Å². The second-order valence-corrected chi connectivity index (χ2v) is 14.2. The molecule has 1 amide bonds. The number of hydrogen-bond acceptors (Lipinski definition) is 10. The van der Waals surface area contributed by atoms with Crippen LogP contribution in [0.1, 0.15) is 52.8 Å². The van der Waals surface area contributed by atoms with Crippen LogP contribution >= 0.6 is 0 Å². The molecule has 3 aromatic heterocycles. The minimum Gasteiger partial charge on any atom is -0.459 e. The topological polar surface area (TPSA) is 145 Å². The van der Waals surface area contributed by atoms with Crippen LogP contribution in [0.2, 0.25) is 0 Å². The molecule has 242 valence electrons. The summed E-state index contributed by atoms with van der Waals surface area (Å²) in [6, 6.07) is 18.5. The van der Waals surface area contributed by atoms with E-state index in [4.69, 9.17) is 9.47 Å². The predicted octanol–water partition coefficient (Wildman–Crippen LogP) is 5.41. The summed E-state index contributed by atoms with van der Waals surface area (Å²) in [6.07, 6.45) is 3.91. The van der Waals surface area contributed by atoms with E-state index < -0.39 is 39.8 Å². The molecule has 0 saturated heterocycles. The molecule has 0 unspecified atom stereocenters. The van der Waals surface area contributed by atoms with Gasteiger partial charge in [-0.1, -0.05) is 36.4 Å². The average molecular weight is 647 g/mol. The second-order valence-electron chi connectivity index (χ2n) is 12.4. The molecule has 0 fully saturated rings. The zero-order valence-corrected chi connectivity index (χ0v) is 27.6. The van der Waals surface area contributed by atoms with Gasteiger partial charge in [0, 0.05) is 30.7 Å². The van der Waals surface area contributed by atoms with Gasteiger partial charge >= 0.3 is 12.1 Å². The monoisotopic (exact) mass is 646 g/mol. The van der Waals surface area contributed by atoms with E-state index in [0.717, 1.165) is 10.5 Å². The highest BCUT2D eigenvalue weighted by Gasteiger charge is 2.30. The van der Waals surface area contributed by atoms with Gasteiger partial charge in [0.2, 0.25) is 0 Å². The van der Waals surface area contributed by atoms with Crippen LogP contribution in [0.25, 0.3) is 11.4 Å². The Morgan fingerprint density at radius 1 is 0.739 bits per heavy atom. The van der Waals surface area contributed by atoms with Gasteiger partial charge < -0.3 is 9.47 Å². The zero-order valence-electron chi connectivity index (χ0n) is 26.7. The van der Waals surface area contributed by atoms with Crippen LogP contribution in [0.15, 0.2) is 90.3 Å². The summed E-state index contributed by atoms with van der Waals surface area (Å²) in [7, 11) is -4.09. The zero-order chi connectivity index (χ0) is 33.5. The van der Waals surface area contributed by atoms with Crippen molar-refractivity contribution in [1.82, 2.24) is 24.2 Å². The Kier molecular flexibility index (Phi) is 10.5. The number of hydrogen-bond donors (Lipinski definition) is 0. The van der Waals surface area contributed by atoms with Crippen molar-refractivity contribution in [2.75, 3.05) is 11.4 Å². The number of nitrogens with zero attached hydrogens (tertiary/aromatic N) is 6. The first-order chi connectivity index (χ1) is 21.6. The lowest BCUT2D eigenvalue weighted by molar-refractivity contribution is -0.153. The van der Waals surface area contributed by atoms with Crippen molar-refractivity contribution in [3.8, 4) is 11.4 Å². The summed E-state index contributed by atoms with van der Waals surface area (Å²) >= 11 is 0. The molecule has 0 aliphatic heterocycles. The first kappa shape index (κ1) is 34.1. The summed E-state index contributed by atoms with van der Waals surface area (Å²) in [5.74, 6) is -0.0109. The van der Waals surface area contributed by atoms with E-state index in [1.807, 2.05) is 24.3 Å². The molecule has 0 bridgehead atoms. The van der Waals surface area contributed by atoms with E-state index in [9.17, 15) is 18.0 Å². The molecule has 0 N–H and O–H groups in total. The SMILES string of the molecule is CC(C)(C)OC(=O)CN(C(=O)OC(C)(C)C)c1cccc(CN(Cc2ccc(-c3ncccn3)cc2)S(=O)(=O)c2ccccn2)n1. The Labute approximate surface area is 269 Å². The lowest BCUT2D eigenvalue weighted by atomic mass is 10.1. The molecule has 0 aliphatic rings. The van der Waals surface area contributed by atoms with E-state index in [0.29, 0.717) is 17.1 Å². The average Bonchev–Trinajstić information content (AvgIpc) is 2.99. The van der Waals surface area contributed by atoms with Crippen LogP contribution in [-0.4, -0.2) is 62.5 Å². The number of pyridine rings is 2. The second kappa shape index (κ2) is 14.1. The minimum absolute atomic E-state index is 0.00553. The highest BCUT2D eigenvalue weighted by molar-refractivity contribution is 7.89. The number of aromatic nitrogens is 4. The molecule has 1 aromatic carbocycles. The lowest BCUT2D eigenvalue weighted by Crippen LogP contribution is -2.42. The normalized spacial score (nSPS) is 12.1. The summed E-state index contributed by atoms with van der Waals surface area (Å²) in [6.45, 7) is 9.67. The number of esters is 1. The number of rotatable bonds is 10. The number of ether oxygens (including phenoxy) is 2. The van der Waals surface area contributed by atoms with E-state index in [1.54, 1.807) is 90.3 Å². The molecular weight excluding hydrogens is 608 g/mol. The third kappa shape index (κ3) is 9.62. The molecule has 3 heterocycles. The van der Waals surface area contributed by atoms with Gasteiger partial charge in [0.15, 0.2) is 10.9 Å². The molecule has 12 nitrogen and oxygen atoms in total. The van der Waals surface area contributed by atoms with Gasteiger partial charge in [-0.3, -0.25) is 9.69 Å². The van der Waals surface area contributed by atoms with Crippen LogP contribution in [0, 0.1) is 0 Å².